The van der Waals surface area contributed by atoms with Gasteiger partial charge in [0, 0.05) is 27.5 Å². The number of halogens is 1. The molecule has 0 fully saturated rings. The van der Waals surface area contributed by atoms with Gasteiger partial charge in [0.25, 0.3) is 0 Å². The summed E-state index contributed by atoms with van der Waals surface area (Å²) in [5.41, 5.74) is 6.10. The quantitative estimate of drug-likeness (QED) is 0.696. The number of nitrogens with one attached hydrogen (secondary N) is 1. The molecule has 3 rings (SSSR count). The highest BCUT2D eigenvalue weighted by molar-refractivity contribution is 7.07. The molecule has 0 aliphatic rings. The second kappa shape index (κ2) is 4.41. The number of hydrogen-bond acceptors (Lipinski definition) is 2. The van der Waals surface area contributed by atoms with Crippen LogP contribution in [0.3, 0.4) is 0 Å². The first-order chi connectivity index (χ1) is 8.65. The summed E-state index contributed by atoms with van der Waals surface area (Å²) in [5.74, 6) is 0.485. The molecule has 0 radical (unpaired) electrons. The highest BCUT2D eigenvalue weighted by atomic mass is 35.5. The lowest BCUT2D eigenvalue weighted by atomic mass is 10.1. The van der Waals surface area contributed by atoms with Crippen LogP contribution in [0.4, 0.5) is 0 Å². The monoisotopic (exact) mass is 276 g/mol. The molecule has 18 heavy (non-hydrogen) atoms. The van der Waals surface area contributed by atoms with Gasteiger partial charge >= 0.3 is 0 Å². The van der Waals surface area contributed by atoms with Crippen molar-refractivity contribution in [2.45, 2.75) is 19.8 Å². The van der Waals surface area contributed by atoms with E-state index in [0.717, 1.165) is 27.2 Å². The minimum atomic E-state index is 0.485. The molecule has 0 saturated heterocycles. The number of aromatic nitrogens is 2. The molecule has 0 spiro atoms. The first-order valence-electron chi connectivity index (χ1n) is 5.86. The highest BCUT2D eigenvalue weighted by Gasteiger charge is 2.10. The van der Waals surface area contributed by atoms with Gasteiger partial charge in [-0.15, -0.1) is 11.3 Å². The molecule has 0 saturated carbocycles. The Morgan fingerprint density at radius 2 is 2.11 bits per heavy atom. The molecule has 2 nitrogen and oxygen atoms in total. The normalized spacial score (nSPS) is 11.6. The average Bonchev–Trinajstić information content (AvgIpc) is 2.95. The van der Waals surface area contributed by atoms with Gasteiger partial charge in [-0.25, -0.2) is 4.98 Å². The number of benzene rings is 1. The SMILES string of the molecule is CC(C)c1cc2cc(Cl)c(-c3cscn3)cc2[nH]1. The van der Waals surface area contributed by atoms with Crippen LogP contribution in [0.5, 0.6) is 0 Å². The summed E-state index contributed by atoms with van der Waals surface area (Å²) in [6.07, 6.45) is 0. The number of H-pyrrole nitrogens is 1. The summed E-state index contributed by atoms with van der Waals surface area (Å²) in [6.45, 7) is 4.35. The lowest BCUT2D eigenvalue weighted by Crippen LogP contribution is -1.85. The number of nitrogens with zero attached hydrogens (tertiary/aromatic N) is 1. The summed E-state index contributed by atoms with van der Waals surface area (Å²) < 4.78 is 0. The Hall–Kier alpha value is -1.32. The van der Waals surface area contributed by atoms with E-state index in [1.54, 1.807) is 11.3 Å². The second-order valence-electron chi connectivity index (χ2n) is 4.67. The van der Waals surface area contributed by atoms with Gasteiger partial charge in [-0.2, -0.15) is 0 Å². The third-order valence-electron chi connectivity index (χ3n) is 3.06. The van der Waals surface area contributed by atoms with Gasteiger partial charge in [0.15, 0.2) is 0 Å². The Labute approximate surface area is 115 Å². The van der Waals surface area contributed by atoms with Crippen molar-refractivity contribution in [3.05, 3.63) is 39.8 Å². The Balaban J connectivity index is 2.20. The van der Waals surface area contributed by atoms with Gasteiger partial charge in [0.05, 0.1) is 16.2 Å². The molecular formula is C14H13ClN2S. The molecule has 4 heteroatoms. The molecule has 0 aliphatic heterocycles. The van der Waals surface area contributed by atoms with Crippen LogP contribution in [0.25, 0.3) is 22.2 Å². The minimum Gasteiger partial charge on any atom is -0.358 e. The number of rotatable bonds is 2. The predicted molar refractivity (Wildman–Crippen MR) is 78.5 cm³/mol. The lowest BCUT2D eigenvalue weighted by Gasteiger charge is -2.01. The maximum Gasteiger partial charge on any atom is 0.0826 e. The zero-order chi connectivity index (χ0) is 12.7. The molecule has 92 valence electrons. The Morgan fingerprint density at radius 3 is 2.78 bits per heavy atom. The van der Waals surface area contributed by atoms with Crippen molar-refractivity contribution in [1.29, 1.82) is 0 Å². The van der Waals surface area contributed by atoms with E-state index in [4.69, 9.17) is 11.6 Å². The van der Waals surface area contributed by atoms with Gasteiger partial charge in [-0.1, -0.05) is 25.4 Å². The van der Waals surface area contributed by atoms with Crippen LogP contribution in [-0.2, 0) is 0 Å². The molecule has 2 aromatic heterocycles. The third kappa shape index (κ3) is 1.93. The van der Waals surface area contributed by atoms with E-state index >= 15 is 0 Å². The van der Waals surface area contributed by atoms with Gasteiger partial charge in [0.2, 0.25) is 0 Å². The van der Waals surface area contributed by atoms with E-state index in [9.17, 15) is 0 Å². The fourth-order valence-corrected chi connectivity index (χ4v) is 2.85. The number of hydrogen-bond donors (Lipinski definition) is 1. The zero-order valence-electron chi connectivity index (χ0n) is 10.2. The van der Waals surface area contributed by atoms with E-state index in [2.05, 4.69) is 35.9 Å². The van der Waals surface area contributed by atoms with Crippen molar-refractivity contribution in [3.8, 4) is 11.3 Å². The van der Waals surface area contributed by atoms with E-state index in [1.165, 1.54) is 5.69 Å². The van der Waals surface area contributed by atoms with Crippen molar-refractivity contribution in [2.24, 2.45) is 0 Å². The Morgan fingerprint density at radius 1 is 1.28 bits per heavy atom. The fourth-order valence-electron chi connectivity index (χ4n) is 2.03. The smallest absolute Gasteiger partial charge is 0.0826 e. The van der Waals surface area contributed by atoms with Crippen LogP contribution in [0.1, 0.15) is 25.5 Å². The fraction of sp³-hybridized carbons (Fsp3) is 0.214. The maximum absolute atomic E-state index is 6.33. The first-order valence-corrected chi connectivity index (χ1v) is 7.18. The second-order valence-corrected chi connectivity index (χ2v) is 5.80. The molecule has 0 unspecified atom stereocenters. The largest absolute Gasteiger partial charge is 0.358 e. The van der Waals surface area contributed by atoms with Crippen molar-refractivity contribution < 1.29 is 0 Å². The number of aromatic amines is 1. The van der Waals surface area contributed by atoms with Crippen LogP contribution in [-0.4, -0.2) is 9.97 Å². The summed E-state index contributed by atoms with van der Waals surface area (Å²) in [5, 5.41) is 3.92. The maximum atomic E-state index is 6.33. The molecule has 0 atom stereocenters. The van der Waals surface area contributed by atoms with Crippen molar-refractivity contribution in [3.63, 3.8) is 0 Å². The van der Waals surface area contributed by atoms with E-state index < -0.39 is 0 Å². The predicted octanol–water partition coefficient (Wildman–Crippen LogP) is 5.07. The molecule has 3 aromatic rings. The van der Waals surface area contributed by atoms with Crippen LogP contribution in [0.2, 0.25) is 5.02 Å². The van der Waals surface area contributed by atoms with Crippen LogP contribution in [0, 0.1) is 0 Å². The van der Waals surface area contributed by atoms with E-state index in [-0.39, 0.29) is 0 Å². The molecule has 0 bridgehead atoms. The van der Waals surface area contributed by atoms with E-state index in [1.807, 2.05) is 17.0 Å². The lowest BCUT2D eigenvalue weighted by molar-refractivity contribution is 0.836. The molecule has 2 heterocycles. The van der Waals surface area contributed by atoms with E-state index in [0.29, 0.717) is 5.92 Å². The zero-order valence-corrected chi connectivity index (χ0v) is 11.8. The van der Waals surface area contributed by atoms with Crippen molar-refractivity contribution in [2.75, 3.05) is 0 Å². The van der Waals surface area contributed by atoms with Gasteiger partial charge < -0.3 is 4.98 Å². The minimum absolute atomic E-state index is 0.485. The first kappa shape index (κ1) is 11.8. The molecule has 0 aliphatic carbocycles. The summed E-state index contributed by atoms with van der Waals surface area (Å²) in [6, 6.07) is 6.25. The number of thiazole rings is 1. The average molecular weight is 277 g/mol. The van der Waals surface area contributed by atoms with Gasteiger partial charge in [0.1, 0.15) is 0 Å². The summed E-state index contributed by atoms with van der Waals surface area (Å²) in [4.78, 5) is 7.76. The summed E-state index contributed by atoms with van der Waals surface area (Å²) in [7, 11) is 0. The molecular weight excluding hydrogens is 264 g/mol. The molecule has 1 aromatic carbocycles. The van der Waals surface area contributed by atoms with Crippen LogP contribution < -0.4 is 0 Å². The Bertz CT molecular complexity index is 683. The van der Waals surface area contributed by atoms with Crippen molar-refractivity contribution in [1.82, 2.24) is 9.97 Å². The standard InChI is InChI=1S/C14H13ClN2S/c1-8(2)12-4-9-3-11(15)10(5-13(9)17-12)14-6-18-7-16-14/h3-8,17H,1-2H3. The molecule has 0 amide bonds. The van der Waals surface area contributed by atoms with Crippen LogP contribution in [0.15, 0.2) is 29.1 Å². The van der Waals surface area contributed by atoms with Gasteiger partial charge in [-0.3, -0.25) is 0 Å². The van der Waals surface area contributed by atoms with Gasteiger partial charge in [-0.05, 0) is 24.1 Å². The van der Waals surface area contributed by atoms with Crippen LogP contribution >= 0.6 is 22.9 Å². The highest BCUT2D eigenvalue weighted by Crippen LogP contribution is 2.33. The topological polar surface area (TPSA) is 28.7 Å². The molecule has 1 N–H and O–H groups in total. The number of fused-ring (bicyclic) bond motifs is 1. The summed E-state index contributed by atoms with van der Waals surface area (Å²) >= 11 is 7.91. The third-order valence-corrected chi connectivity index (χ3v) is 3.96. The van der Waals surface area contributed by atoms with Crippen molar-refractivity contribution >= 4 is 33.8 Å². The Kier molecular flexibility index (Phi) is 2.88.